The lowest BCUT2D eigenvalue weighted by Crippen LogP contribution is -2.06. The van der Waals surface area contributed by atoms with Crippen LogP contribution in [0.2, 0.25) is 0 Å². The van der Waals surface area contributed by atoms with Crippen molar-refractivity contribution in [3.05, 3.63) is 57.9 Å². The van der Waals surface area contributed by atoms with Crippen molar-refractivity contribution < 1.29 is 4.92 Å². The van der Waals surface area contributed by atoms with E-state index in [9.17, 15) is 10.1 Å². The molecule has 2 rings (SSSR count). The fourth-order valence-corrected chi connectivity index (χ4v) is 2.25. The van der Waals surface area contributed by atoms with Crippen LogP contribution in [0.5, 0.6) is 0 Å². The molecule has 0 unspecified atom stereocenters. The van der Waals surface area contributed by atoms with Gasteiger partial charge in [-0.2, -0.15) is 0 Å². The third-order valence-corrected chi connectivity index (χ3v) is 3.40. The number of hydrogen-bond donors (Lipinski definition) is 1. The lowest BCUT2D eigenvalue weighted by molar-refractivity contribution is -0.385. The fraction of sp³-hybridized carbons (Fsp3) is 0.333. The Labute approximate surface area is 118 Å². The van der Waals surface area contributed by atoms with Crippen LogP contribution in [0, 0.1) is 10.1 Å². The van der Waals surface area contributed by atoms with Gasteiger partial charge in [0, 0.05) is 35.8 Å². The van der Waals surface area contributed by atoms with Gasteiger partial charge in [-0.1, -0.05) is 13.0 Å². The summed E-state index contributed by atoms with van der Waals surface area (Å²) in [4.78, 5) is 10.7. The normalized spacial score (nSPS) is 10.5. The Kier molecular flexibility index (Phi) is 4.40. The van der Waals surface area contributed by atoms with E-state index in [2.05, 4.69) is 16.8 Å². The Hall–Kier alpha value is -2.30. The second kappa shape index (κ2) is 6.23. The molecule has 2 aromatic rings. The number of benzene rings is 1. The summed E-state index contributed by atoms with van der Waals surface area (Å²) in [5, 5.41) is 14.3. The zero-order valence-electron chi connectivity index (χ0n) is 11.8. The monoisotopic (exact) mass is 273 g/mol. The van der Waals surface area contributed by atoms with Crippen LogP contribution >= 0.6 is 0 Å². The summed E-state index contributed by atoms with van der Waals surface area (Å²) >= 11 is 0. The Morgan fingerprint density at radius 3 is 2.75 bits per heavy atom. The molecule has 5 heteroatoms. The van der Waals surface area contributed by atoms with Crippen LogP contribution in [0.4, 0.5) is 11.4 Å². The van der Waals surface area contributed by atoms with Gasteiger partial charge in [0.1, 0.15) is 0 Å². The van der Waals surface area contributed by atoms with Gasteiger partial charge in [0.2, 0.25) is 0 Å². The van der Waals surface area contributed by atoms with E-state index in [4.69, 9.17) is 0 Å². The van der Waals surface area contributed by atoms with Gasteiger partial charge in [-0.25, -0.2) is 0 Å². The molecule has 0 radical (unpaired) electrons. The first-order valence-electron chi connectivity index (χ1n) is 6.81. The minimum Gasteiger partial charge on any atom is -0.379 e. The van der Waals surface area contributed by atoms with Gasteiger partial charge in [0.15, 0.2) is 0 Å². The Bertz CT molecular complexity index is 605. The highest BCUT2D eigenvalue weighted by Gasteiger charge is 2.13. The molecule has 0 aliphatic rings. The van der Waals surface area contributed by atoms with Gasteiger partial charge in [-0.05, 0) is 31.5 Å². The third-order valence-electron chi connectivity index (χ3n) is 3.40. The first-order valence-corrected chi connectivity index (χ1v) is 6.81. The number of aryl methyl sites for hydroxylation is 2. The molecule has 0 amide bonds. The predicted octanol–water partition coefficient (Wildman–Crippen LogP) is 3.59. The summed E-state index contributed by atoms with van der Waals surface area (Å²) in [5.74, 6) is 0. The number of nitro benzene ring substituents is 1. The Morgan fingerprint density at radius 1 is 1.30 bits per heavy atom. The molecule has 0 saturated heterocycles. The fourth-order valence-electron chi connectivity index (χ4n) is 2.25. The molecule has 0 aliphatic carbocycles. The smallest absolute Gasteiger partial charge is 0.274 e. The molecule has 1 aromatic carbocycles. The molecule has 0 aliphatic heterocycles. The highest BCUT2D eigenvalue weighted by atomic mass is 16.6. The summed E-state index contributed by atoms with van der Waals surface area (Å²) in [6, 6.07) is 9.37. The van der Waals surface area contributed by atoms with Crippen LogP contribution < -0.4 is 5.32 Å². The van der Waals surface area contributed by atoms with Crippen LogP contribution in [0.15, 0.2) is 36.5 Å². The van der Waals surface area contributed by atoms with E-state index in [1.807, 2.05) is 37.4 Å². The van der Waals surface area contributed by atoms with Gasteiger partial charge in [-0.3, -0.25) is 10.1 Å². The van der Waals surface area contributed by atoms with Crippen molar-refractivity contribution >= 4 is 11.4 Å². The second-order valence-corrected chi connectivity index (χ2v) is 4.59. The van der Waals surface area contributed by atoms with Crippen LogP contribution in [-0.2, 0) is 19.5 Å². The maximum atomic E-state index is 11.0. The number of aromatic nitrogens is 1. The number of hydrogen-bond acceptors (Lipinski definition) is 3. The number of nitrogens with zero attached hydrogens (tertiary/aromatic N) is 2. The van der Waals surface area contributed by atoms with E-state index in [1.165, 1.54) is 0 Å². The van der Waals surface area contributed by atoms with E-state index in [-0.39, 0.29) is 10.6 Å². The van der Waals surface area contributed by atoms with E-state index in [1.54, 1.807) is 6.07 Å². The van der Waals surface area contributed by atoms with Gasteiger partial charge in [-0.15, -0.1) is 0 Å². The molecule has 0 bridgehead atoms. The van der Waals surface area contributed by atoms with Gasteiger partial charge >= 0.3 is 0 Å². The lowest BCUT2D eigenvalue weighted by atomic mass is 10.1. The minimum atomic E-state index is -0.321. The zero-order chi connectivity index (χ0) is 14.5. The van der Waals surface area contributed by atoms with Crippen molar-refractivity contribution in [2.45, 2.75) is 33.4 Å². The van der Waals surface area contributed by atoms with Crippen LogP contribution in [0.1, 0.15) is 25.1 Å². The van der Waals surface area contributed by atoms with Crippen molar-refractivity contribution in [1.29, 1.82) is 0 Å². The van der Waals surface area contributed by atoms with Crippen molar-refractivity contribution in [3.63, 3.8) is 0 Å². The van der Waals surface area contributed by atoms with Crippen molar-refractivity contribution in [3.8, 4) is 0 Å². The molecule has 0 saturated carbocycles. The molecule has 0 atom stereocenters. The number of rotatable bonds is 6. The molecule has 106 valence electrons. The summed E-state index contributed by atoms with van der Waals surface area (Å²) in [7, 11) is 0. The Balaban J connectivity index is 2.14. The maximum absolute atomic E-state index is 11.0. The minimum absolute atomic E-state index is 0.184. The maximum Gasteiger partial charge on any atom is 0.274 e. The SMILES string of the molecule is CCc1ccc(NCc2cccn2CC)cc1[N+](=O)[O-]. The second-order valence-electron chi connectivity index (χ2n) is 4.59. The van der Waals surface area contributed by atoms with Crippen molar-refractivity contribution in [2.24, 2.45) is 0 Å². The number of anilines is 1. The zero-order valence-corrected chi connectivity index (χ0v) is 11.8. The number of nitro groups is 1. The van der Waals surface area contributed by atoms with Gasteiger partial charge in [0.25, 0.3) is 5.69 Å². The van der Waals surface area contributed by atoms with E-state index in [0.29, 0.717) is 13.0 Å². The number of nitrogens with one attached hydrogen (secondary N) is 1. The molecule has 1 aromatic heterocycles. The van der Waals surface area contributed by atoms with Crippen LogP contribution in [-0.4, -0.2) is 9.49 Å². The quantitative estimate of drug-likeness (QED) is 0.646. The van der Waals surface area contributed by atoms with E-state index >= 15 is 0 Å². The Morgan fingerprint density at radius 2 is 2.10 bits per heavy atom. The van der Waals surface area contributed by atoms with Gasteiger partial charge in [0.05, 0.1) is 11.5 Å². The average molecular weight is 273 g/mol. The molecule has 0 fully saturated rings. The highest BCUT2D eigenvalue weighted by Crippen LogP contribution is 2.24. The van der Waals surface area contributed by atoms with Crippen molar-refractivity contribution in [1.82, 2.24) is 4.57 Å². The van der Waals surface area contributed by atoms with E-state index < -0.39 is 0 Å². The molecule has 20 heavy (non-hydrogen) atoms. The lowest BCUT2D eigenvalue weighted by Gasteiger charge is -2.10. The largest absolute Gasteiger partial charge is 0.379 e. The van der Waals surface area contributed by atoms with Gasteiger partial charge < -0.3 is 9.88 Å². The average Bonchev–Trinajstić information content (AvgIpc) is 2.92. The molecule has 5 nitrogen and oxygen atoms in total. The summed E-state index contributed by atoms with van der Waals surface area (Å²) in [5.41, 5.74) is 2.88. The molecular weight excluding hydrogens is 254 g/mol. The first kappa shape index (κ1) is 14.1. The summed E-state index contributed by atoms with van der Waals surface area (Å²) in [6.07, 6.45) is 2.69. The highest BCUT2D eigenvalue weighted by molar-refractivity contribution is 5.55. The summed E-state index contributed by atoms with van der Waals surface area (Å²) in [6.45, 7) is 5.58. The molecule has 1 N–H and O–H groups in total. The van der Waals surface area contributed by atoms with E-state index in [0.717, 1.165) is 23.5 Å². The third kappa shape index (κ3) is 2.99. The molecular formula is C15H19N3O2. The van der Waals surface area contributed by atoms with Crippen LogP contribution in [0.3, 0.4) is 0 Å². The standard InChI is InChI=1S/C15H19N3O2/c1-3-12-7-8-13(10-15(12)18(19)20)16-11-14-6-5-9-17(14)4-2/h5-10,16H,3-4,11H2,1-2H3. The van der Waals surface area contributed by atoms with Crippen molar-refractivity contribution in [2.75, 3.05) is 5.32 Å². The summed E-state index contributed by atoms with van der Waals surface area (Å²) < 4.78 is 2.14. The topological polar surface area (TPSA) is 60.1 Å². The first-order chi connectivity index (χ1) is 9.65. The van der Waals surface area contributed by atoms with Crippen LogP contribution in [0.25, 0.3) is 0 Å². The molecule has 0 spiro atoms. The molecule has 1 heterocycles. The predicted molar refractivity (Wildman–Crippen MR) is 79.9 cm³/mol.